The van der Waals surface area contributed by atoms with Gasteiger partial charge in [-0.1, -0.05) is 51.9 Å². The van der Waals surface area contributed by atoms with E-state index in [9.17, 15) is 4.79 Å². The maximum absolute atomic E-state index is 12.0. The Morgan fingerprint density at radius 2 is 1.65 bits per heavy atom. The van der Waals surface area contributed by atoms with Gasteiger partial charge in [-0.3, -0.25) is 9.89 Å². The molecule has 4 nitrogen and oxygen atoms in total. The van der Waals surface area contributed by atoms with Crippen molar-refractivity contribution >= 4 is 5.91 Å². The van der Waals surface area contributed by atoms with Gasteiger partial charge in [0.05, 0.1) is 11.3 Å². The van der Waals surface area contributed by atoms with Gasteiger partial charge in [0, 0.05) is 12.2 Å². The van der Waals surface area contributed by atoms with Crippen LogP contribution in [0.25, 0.3) is 0 Å². The minimum Gasteiger partial charge on any atom is -0.352 e. The van der Waals surface area contributed by atoms with Crippen molar-refractivity contribution in [1.29, 1.82) is 0 Å². The molecular formula is C16H29N3O. The Kier molecular flexibility index (Phi) is 8.00. The summed E-state index contributed by atoms with van der Waals surface area (Å²) in [6.45, 7) is 6.74. The summed E-state index contributed by atoms with van der Waals surface area (Å²) in [5, 5.41) is 9.87. The molecule has 0 atom stereocenters. The zero-order valence-electron chi connectivity index (χ0n) is 13.2. The van der Waals surface area contributed by atoms with Gasteiger partial charge in [0.2, 0.25) is 0 Å². The van der Waals surface area contributed by atoms with Crippen molar-refractivity contribution in [3.05, 3.63) is 17.0 Å². The molecule has 0 aliphatic carbocycles. The van der Waals surface area contributed by atoms with Gasteiger partial charge in [0.15, 0.2) is 0 Å². The third-order valence-electron chi connectivity index (χ3n) is 3.67. The maximum Gasteiger partial charge on any atom is 0.255 e. The van der Waals surface area contributed by atoms with Crippen LogP contribution in [0.2, 0.25) is 0 Å². The normalized spacial score (nSPS) is 10.8. The lowest BCUT2D eigenvalue weighted by Gasteiger charge is -2.05. The summed E-state index contributed by atoms with van der Waals surface area (Å²) in [6.07, 6.45) is 10.3. The monoisotopic (exact) mass is 279 g/mol. The molecule has 0 fully saturated rings. The highest BCUT2D eigenvalue weighted by molar-refractivity contribution is 5.96. The molecule has 0 saturated carbocycles. The van der Waals surface area contributed by atoms with Gasteiger partial charge in [0.1, 0.15) is 0 Å². The molecule has 1 aromatic rings. The molecule has 20 heavy (non-hydrogen) atoms. The van der Waals surface area contributed by atoms with Crippen LogP contribution in [0.1, 0.15) is 80.0 Å². The van der Waals surface area contributed by atoms with Crippen LogP contribution in [0.5, 0.6) is 0 Å². The first-order valence-electron chi connectivity index (χ1n) is 7.96. The molecule has 0 aromatic carbocycles. The Morgan fingerprint density at radius 1 is 1.05 bits per heavy atom. The molecule has 1 heterocycles. The number of H-pyrrole nitrogens is 1. The van der Waals surface area contributed by atoms with E-state index >= 15 is 0 Å². The van der Waals surface area contributed by atoms with Gasteiger partial charge in [-0.05, 0) is 20.3 Å². The molecule has 1 amide bonds. The highest BCUT2D eigenvalue weighted by Crippen LogP contribution is 2.10. The Bertz CT molecular complexity index is 379. The lowest BCUT2D eigenvalue weighted by Crippen LogP contribution is -2.25. The number of hydrogen-bond acceptors (Lipinski definition) is 2. The Morgan fingerprint density at radius 3 is 2.20 bits per heavy atom. The third kappa shape index (κ3) is 5.76. The standard InChI is InChI=1S/C16H29N3O/c1-4-5-6-7-8-9-10-11-12-17-16(20)15-13(2)18-19-14(15)3/h4-12H2,1-3H3,(H,17,20)(H,18,19). The van der Waals surface area contributed by atoms with Crippen LogP contribution in [0.15, 0.2) is 0 Å². The largest absolute Gasteiger partial charge is 0.352 e. The van der Waals surface area contributed by atoms with Crippen molar-refractivity contribution < 1.29 is 4.79 Å². The molecule has 1 aromatic heterocycles. The van der Waals surface area contributed by atoms with Crippen LogP contribution >= 0.6 is 0 Å². The summed E-state index contributed by atoms with van der Waals surface area (Å²) in [5.74, 6) is -0.00306. The van der Waals surface area contributed by atoms with Gasteiger partial charge in [-0.15, -0.1) is 0 Å². The lowest BCUT2D eigenvalue weighted by atomic mass is 10.1. The van der Waals surface area contributed by atoms with Gasteiger partial charge >= 0.3 is 0 Å². The average Bonchev–Trinajstić information content (AvgIpc) is 2.76. The summed E-state index contributed by atoms with van der Waals surface area (Å²) in [7, 11) is 0. The van der Waals surface area contributed by atoms with E-state index in [1.54, 1.807) is 0 Å². The summed E-state index contributed by atoms with van der Waals surface area (Å²) < 4.78 is 0. The number of carbonyl (C=O) groups excluding carboxylic acids is 1. The van der Waals surface area contributed by atoms with Crippen molar-refractivity contribution in [1.82, 2.24) is 15.5 Å². The number of nitrogens with one attached hydrogen (secondary N) is 2. The fourth-order valence-corrected chi connectivity index (χ4v) is 2.43. The minimum absolute atomic E-state index is 0.00306. The predicted octanol–water partition coefficient (Wildman–Crippen LogP) is 3.90. The van der Waals surface area contributed by atoms with E-state index in [2.05, 4.69) is 22.4 Å². The molecule has 1 rings (SSSR count). The SMILES string of the molecule is CCCCCCCCCCNC(=O)c1c(C)n[nH]c1C. The van der Waals surface area contributed by atoms with E-state index in [0.29, 0.717) is 5.56 Å². The quantitative estimate of drug-likeness (QED) is 0.638. The number of aromatic amines is 1. The van der Waals surface area contributed by atoms with Crippen LogP contribution in [-0.2, 0) is 0 Å². The number of aromatic nitrogens is 2. The molecular weight excluding hydrogens is 250 g/mol. The molecule has 2 N–H and O–H groups in total. The first-order chi connectivity index (χ1) is 9.66. The Labute approximate surface area is 122 Å². The Hall–Kier alpha value is -1.32. The molecule has 0 radical (unpaired) electrons. The van der Waals surface area contributed by atoms with E-state index in [0.717, 1.165) is 24.4 Å². The summed E-state index contributed by atoms with van der Waals surface area (Å²) in [6, 6.07) is 0. The van der Waals surface area contributed by atoms with E-state index in [-0.39, 0.29) is 5.91 Å². The highest BCUT2D eigenvalue weighted by Gasteiger charge is 2.14. The van der Waals surface area contributed by atoms with Crippen LogP contribution in [0, 0.1) is 13.8 Å². The van der Waals surface area contributed by atoms with Crippen molar-refractivity contribution in [2.45, 2.75) is 72.1 Å². The fourth-order valence-electron chi connectivity index (χ4n) is 2.43. The molecule has 0 saturated heterocycles. The molecule has 114 valence electrons. The van der Waals surface area contributed by atoms with Crippen LogP contribution < -0.4 is 5.32 Å². The predicted molar refractivity (Wildman–Crippen MR) is 83.0 cm³/mol. The number of rotatable bonds is 10. The van der Waals surface area contributed by atoms with Crippen molar-refractivity contribution in [3.63, 3.8) is 0 Å². The van der Waals surface area contributed by atoms with Crippen molar-refractivity contribution in [2.24, 2.45) is 0 Å². The van der Waals surface area contributed by atoms with Crippen LogP contribution in [0.3, 0.4) is 0 Å². The lowest BCUT2D eigenvalue weighted by molar-refractivity contribution is 0.0952. The van der Waals surface area contributed by atoms with Crippen LogP contribution in [0.4, 0.5) is 0 Å². The van der Waals surface area contributed by atoms with Gasteiger partial charge in [-0.2, -0.15) is 5.10 Å². The third-order valence-corrected chi connectivity index (χ3v) is 3.67. The zero-order chi connectivity index (χ0) is 14.8. The van der Waals surface area contributed by atoms with Gasteiger partial charge in [-0.25, -0.2) is 0 Å². The zero-order valence-corrected chi connectivity index (χ0v) is 13.2. The molecule has 0 bridgehead atoms. The summed E-state index contributed by atoms with van der Waals surface area (Å²) in [4.78, 5) is 12.0. The molecule has 0 unspecified atom stereocenters. The van der Waals surface area contributed by atoms with Crippen molar-refractivity contribution in [2.75, 3.05) is 6.54 Å². The van der Waals surface area contributed by atoms with E-state index in [1.807, 2.05) is 13.8 Å². The van der Waals surface area contributed by atoms with E-state index < -0.39 is 0 Å². The van der Waals surface area contributed by atoms with E-state index in [4.69, 9.17) is 0 Å². The second-order valence-corrected chi connectivity index (χ2v) is 5.54. The average molecular weight is 279 g/mol. The summed E-state index contributed by atoms with van der Waals surface area (Å²) in [5.41, 5.74) is 2.32. The number of unbranched alkanes of at least 4 members (excludes halogenated alkanes) is 7. The van der Waals surface area contributed by atoms with Gasteiger partial charge < -0.3 is 5.32 Å². The number of nitrogens with zero attached hydrogens (tertiary/aromatic N) is 1. The summed E-state index contributed by atoms with van der Waals surface area (Å²) >= 11 is 0. The van der Waals surface area contributed by atoms with Crippen LogP contribution in [-0.4, -0.2) is 22.6 Å². The highest BCUT2D eigenvalue weighted by atomic mass is 16.1. The Balaban J connectivity index is 2.06. The fraction of sp³-hybridized carbons (Fsp3) is 0.750. The maximum atomic E-state index is 12.0. The molecule has 0 aliphatic heterocycles. The van der Waals surface area contributed by atoms with Crippen molar-refractivity contribution in [3.8, 4) is 0 Å². The number of aryl methyl sites for hydroxylation is 2. The second-order valence-electron chi connectivity index (χ2n) is 5.54. The molecule has 0 spiro atoms. The number of hydrogen-bond donors (Lipinski definition) is 2. The first-order valence-corrected chi connectivity index (χ1v) is 7.96. The second kappa shape index (κ2) is 9.56. The number of amides is 1. The topological polar surface area (TPSA) is 57.8 Å². The van der Waals surface area contributed by atoms with Gasteiger partial charge in [0.25, 0.3) is 5.91 Å². The number of carbonyl (C=O) groups is 1. The van der Waals surface area contributed by atoms with E-state index in [1.165, 1.54) is 44.9 Å². The molecule has 0 aliphatic rings. The minimum atomic E-state index is -0.00306. The smallest absolute Gasteiger partial charge is 0.255 e. The first kappa shape index (κ1) is 16.7. The molecule has 4 heteroatoms.